The van der Waals surface area contributed by atoms with Gasteiger partial charge in [-0.25, -0.2) is 0 Å². The summed E-state index contributed by atoms with van der Waals surface area (Å²) in [7, 11) is 0. The second-order valence-electron chi connectivity index (χ2n) is 9.60. The van der Waals surface area contributed by atoms with Crippen molar-refractivity contribution in [2.24, 2.45) is 17.8 Å². The Morgan fingerprint density at radius 1 is 1.24 bits per heavy atom. The van der Waals surface area contributed by atoms with Gasteiger partial charge in [-0.1, -0.05) is 36.2 Å². The molecule has 198 valence electrons. The summed E-state index contributed by atoms with van der Waals surface area (Å²) in [6.07, 6.45) is 2.70. The van der Waals surface area contributed by atoms with Gasteiger partial charge in [0.1, 0.15) is 5.75 Å². The second-order valence-corrected chi connectivity index (χ2v) is 11.0. The Labute approximate surface area is 225 Å². The molecule has 1 aromatic heterocycles. The van der Waals surface area contributed by atoms with Crippen LogP contribution in [0.3, 0.4) is 0 Å². The first-order chi connectivity index (χ1) is 17.8. The van der Waals surface area contributed by atoms with Crippen LogP contribution in [-0.4, -0.2) is 56.5 Å². The van der Waals surface area contributed by atoms with E-state index < -0.39 is 30.5 Å². The van der Waals surface area contributed by atoms with Crippen LogP contribution in [0.25, 0.3) is 6.08 Å². The minimum absolute atomic E-state index is 0.0821. The molecule has 37 heavy (non-hydrogen) atoms. The summed E-state index contributed by atoms with van der Waals surface area (Å²) >= 11 is 7.71. The number of carbonyl (C=O) groups is 2. The number of phenols is 1. The lowest BCUT2D eigenvalue weighted by Crippen LogP contribution is -2.39. The molecule has 9 heteroatoms. The number of allylic oxidation sites excluding steroid dienone is 1. The van der Waals surface area contributed by atoms with E-state index in [9.17, 15) is 30.0 Å². The highest BCUT2D eigenvalue weighted by Crippen LogP contribution is 2.46. The van der Waals surface area contributed by atoms with Gasteiger partial charge in [0.15, 0.2) is 0 Å². The van der Waals surface area contributed by atoms with Gasteiger partial charge in [-0.05, 0) is 72.0 Å². The minimum Gasteiger partial charge on any atom is -0.508 e. The largest absolute Gasteiger partial charge is 0.508 e. The van der Waals surface area contributed by atoms with E-state index in [1.54, 1.807) is 12.1 Å². The van der Waals surface area contributed by atoms with Gasteiger partial charge in [-0.15, -0.1) is 11.3 Å². The van der Waals surface area contributed by atoms with Crippen molar-refractivity contribution in [3.63, 3.8) is 0 Å². The number of hydrogen-bond acceptors (Lipinski definition) is 7. The Bertz CT molecular complexity index is 1210. The maximum atomic E-state index is 13.4. The van der Waals surface area contributed by atoms with Crippen molar-refractivity contribution >= 4 is 40.8 Å². The van der Waals surface area contributed by atoms with Gasteiger partial charge in [0.25, 0.3) is 0 Å². The average Bonchev–Trinajstić information content (AvgIpc) is 3.49. The van der Waals surface area contributed by atoms with Crippen LogP contribution in [0, 0.1) is 17.8 Å². The van der Waals surface area contributed by atoms with Gasteiger partial charge in [-0.2, -0.15) is 0 Å². The van der Waals surface area contributed by atoms with Crippen LogP contribution in [0.4, 0.5) is 0 Å². The Morgan fingerprint density at radius 3 is 2.65 bits per heavy atom. The highest BCUT2D eigenvalue weighted by molar-refractivity contribution is 7.09. The van der Waals surface area contributed by atoms with E-state index in [-0.39, 0.29) is 37.1 Å². The number of carbonyl (C=O) groups excluding carboxylic acids is 2. The van der Waals surface area contributed by atoms with Crippen molar-refractivity contribution in [2.45, 2.75) is 45.3 Å². The summed E-state index contributed by atoms with van der Waals surface area (Å²) in [5.41, 5.74) is 2.79. The number of aromatic hydroxyl groups is 1. The van der Waals surface area contributed by atoms with Crippen LogP contribution in [0.5, 0.6) is 5.75 Å². The lowest BCUT2D eigenvalue weighted by atomic mass is 9.68. The summed E-state index contributed by atoms with van der Waals surface area (Å²) in [4.78, 5) is 28.7. The van der Waals surface area contributed by atoms with Gasteiger partial charge in [0.2, 0.25) is 11.8 Å². The summed E-state index contributed by atoms with van der Waals surface area (Å²) in [6.45, 7) is 1.44. The molecule has 2 amide bonds. The number of imide groups is 1. The molecule has 0 saturated carbocycles. The number of benzene rings is 1. The first-order valence-electron chi connectivity index (χ1n) is 12.5. The summed E-state index contributed by atoms with van der Waals surface area (Å²) < 4.78 is 0. The van der Waals surface area contributed by atoms with E-state index in [1.807, 2.05) is 30.5 Å². The van der Waals surface area contributed by atoms with Gasteiger partial charge in [-0.3, -0.25) is 14.5 Å². The molecule has 1 saturated heterocycles. The number of nitrogens with zero attached hydrogens (tertiary/aromatic N) is 1. The molecular weight excluding hydrogens is 514 g/mol. The lowest BCUT2D eigenvalue weighted by Gasteiger charge is -2.36. The van der Waals surface area contributed by atoms with Gasteiger partial charge in [0, 0.05) is 10.8 Å². The Balaban J connectivity index is 1.54. The topological polar surface area (TPSA) is 118 Å². The van der Waals surface area contributed by atoms with E-state index in [0.29, 0.717) is 35.4 Å². The maximum absolute atomic E-state index is 13.4. The van der Waals surface area contributed by atoms with E-state index >= 15 is 0 Å². The minimum atomic E-state index is -0.986. The van der Waals surface area contributed by atoms with Gasteiger partial charge in [0.05, 0.1) is 42.7 Å². The Kier molecular flexibility index (Phi) is 8.87. The molecule has 1 aromatic carbocycles. The number of phenolic OH excluding ortho intramolecular Hbond substituents is 1. The zero-order valence-corrected chi connectivity index (χ0v) is 22.2. The zero-order valence-electron chi connectivity index (χ0n) is 20.6. The van der Waals surface area contributed by atoms with Crippen LogP contribution >= 0.6 is 22.9 Å². The van der Waals surface area contributed by atoms with E-state index in [2.05, 4.69) is 0 Å². The SMILES string of the molecule is CC/C(=C\c1ccc(O)cc1Cl)CC[C@@H](O)C1=C(CO)C[C@H]2C(=O)N(Cc3cccs3)C(=O)[C@H]2[C@H]1CO. The Hall–Kier alpha value is -2.49. The van der Waals surface area contributed by atoms with Crippen LogP contribution < -0.4 is 0 Å². The molecule has 4 rings (SSSR count). The Morgan fingerprint density at radius 2 is 2.03 bits per heavy atom. The quantitative estimate of drug-likeness (QED) is 0.263. The molecule has 0 radical (unpaired) electrons. The number of hydrogen-bond donors (Lipinski definition) is 4. The standard InChI is InChI=1S/C28H32ClNO6S/c1-2-16(10-17-6-7-19(33)12-23(17)29)5-8-24(34)25-18(14-31)11-21-26(22(25)15-32)28(36)30(27(21)35)13-20-4-3-9-37-20/h3-4,6-7,9-10,12,21-22,24,26,31-34H,2,5,8,11,13-15H2,1H3/b16-10+/t21-,22+,24-,26-/m1/s1. The molecule has 0 spiro atoms. The molecule has 2 heterocycles. The van der Waals surface area contributed by atoms with Crippen LogP contribution in [-0.2, 0) is 16.1 Å². The molecule has 4 N–H and O–H groups in total. The normalized spacial score (nSPS) is 23.1. The fraction of sp³-hybridized carbons (Fsp3) is 0.429. The summed E-state index contributed by atoms with van der Waals surface area (Å²) in [5.74, 6) is -2.68. The highest BCUT2D eigenvalue weighted by Gasteiger charge is 2.54. The third-order valence-corrected chi connectivity index (χ3v) is 8.64. The molecular formula is C28H32ClNO6S. The molecule has 2 aromatic rings. The van der Waals surface area contributed by atoms with Crippen molar-refractivity contribution in [1.29, 1.82) is 0 Å². The highest BCUT2D eigenvalue weighted by atomic mass is 35.5. The van der Waals surface area contributed by atoms with Crippen LogP contribution in [0.1, 0.15) is 43.0 Å². The smallest absolute Gasteiger partial charge is 0.234 e. The predicted octanol–water partition coefficient (Wildman–Crippen LogP) is 4.14. The van der Waals surface area contributed by atoms with Crippen molar-refractivity contribution in [3.8, 4) is 5.75 Å². The van der Waals surface area contributed by atoms with E-state index in [1.165, 1.54) is 22.3 Å². The molecule has 4 atom stereocenters. The van der Waals surface area contributed by atoms with Gasteiger partial charge < -0.3 is 20.4 Å². The maximum Gasteiger partial charge on any atom is 0.234 e. The lowest BCUT2D eigenvalue weighted by molar-refractivity contribution is -0.140. The molecule has 1 aliphatic carbocycles. The number of rotatable bonds is 10. The first kappa shape index (κ1) is 27.5. The number of aliphatic hydroxyl groups is 3. The van der Waals surface area contributed by atoms with Crippen LogP contribution in [0.2, 0.25) is 5.02 Å². The van der Waals surface area contributed by atoms with Crippen LogP contribution in [0.15, 0.2) is 52.4 Å². The average molecular weight is 546 g/mol. The molecule has 1 aliphatic heterocycles. The zero-order chi connectivity index (χ0) is 26.7. The van der Waals surface area contributed by atoms with Crippen molar-refractivity contribution in [2.75, 3.05) is 13.2 Å². The predicted molar refractivity (Wildman–Crippen MR) is 143 cm³/mol. The molecule has 0 bridgehead atoms. The number of amides is 2. The number of thiophene rings is 1. The molecule has 7 nitrogen and oxygen atoms in total. The third-order valence-electron chi connectivity index (χ3n) is 7.45. The molecule has 2 aliphatic rings. The monoisotopic (exact) mass is 545 g/mol. The summed E-state index contributed by atoms with van der Waals surface area (Å²) in [5, 5.41) is 43.6. The number of halogens is 1. The second kappa shape index (κ2) is 11.9. The third kappa shape index (κ3) is 5.68. The molecule has 1 fully saturated rings. The van der Waals surface area contributed by atoms with E-state index in [0.717, 1.165) is 16.0 Å². The molecule has 0 unspecified atom stereocenters. The number of likely N-dealkylation sites (tertiary alicyclic amines) is 1. The fourth-order valence-electron chi connectivity index (χ4n) is 5.57. The fourth-order valence-corrected chi connectivity index (χ4v) is 6.49. The van der Waals surface area contributed by atoms with Gasteiger partial charge >= 0.3 is 0 Å². The number of fused-ring (bicyclic) bond motifs is 1. The summed E-state index contributed by atoms with van der Waals surface area (Å²) in [6, 6.07) is 8.49. The van der Waals surface area contributed by atoms with E-state index in [4.69, 9.17) is 11.6 Å². The number of aliphatic hydroxyl groups excluding tert-OH is 3. The van der Waals surface area contributed by atoms with Crippen molar-refractivity contribution < 1.29 is 30.0 Å². The van der Waals surface area contributed by atoms with Crippen molar-refractivity contribution in [1.82, 2.24) is 4.90 Å². The first-order valence-corrected chi connectivity index (χ1v) is 13.7. The van der Waals surface area contributed by atoms with Crippen molar-refractivity contribution in [3.05, 3.63) is 67.9 Å².